The maximum atomic E-state index is 11.3. The molecule has 86 valence electrons. The van der Waals surface area contributed by atoms with Gasteiger partial charge in [0.2, 0.25) is 0 Å². The Labute approximate surface area is 102 Å². The van der Waals surface area contributed by atoms with Gasteiger partial charge in [0, 0.05) is 5.92 Å². The Morgan fingerprint density at radius 2 is 2.33 bits per heavy atom. The van der Waals surface area contributed by atoms with Crippen molar-refractivity contribution < 1.29 is 4.21 Å². The lowest BCUT2D eigenvalue weighted by atomic mass is 9.99. The van der Waals surface area contributed by atoms with E-state index in [2.05, 4.69) is 4.98 Å². The lowest BCUT2D eigenvalue weighted by molar-refractivity contribution is 0.539. The molecule has 1 rings (SSSR count). The fourth-order valence-electron chi connectivity index (χ4n) is 1.40. The van der Waals surface area contributed by atoms with Crippen molar-refractivity contribution in [2.75, 3.05) is 0 Å². The highest BCUT2D eigenvalue weighted by Crippen LogP contribution is 2.32. The van der Waals surface area contributed by atoms with E-state index in [1.54, 1.807) is 6.20 Å². The summed E-state index contributed by atoms with van der Waals surface area (Å²) in [7, 11) is -1.32. The fourth-order valence-corrected chi connectivity index (χ4v) is 2.80. The van der Waals surface area contributed by atoms with Gasteiger partial charge in [-0.1, -0.05) is 18.5 Å². The standard InChI is InChI=1S/C9H15ClN2OS2/c1-6(4-9(2,3)15(11)13)8-12-5-7(10)14-8/h5-6H,4,11H2,1-3H3/t6-,15?/m1/s1. The number of aromatic nitrogens is 1. The molecule has 1 aromatic heterocycles. The summed E-state index contributed by atoms with van der Waals surface area (Å²) in [6.45, 7) is 5.84. The summed E-state index contributed by atoms with van der Waals surface area (Å²) in [4.78, 5) is 4.21. The van der Waals surface area contributed by atoms with E-state index in [9.17, 15) is 4.21 Å². The minimum absolute atomic E-state index is 0.227. The third-order valence-corrected chi connectivity index (χ3v) is 4.86. The molecule has 0 saturated carbocycles. The van der Waals surface area contributed by atoms with Gasteiger partial charge in [0.25, 0.3) is 0 Å². The average Bonchev–Trinajstić information content (AvgIpc) is 2.50. The molecule has 0 aromatic carbocycles. The van der Waals surface area contributed by atoms with Gasteiger partial charge >= 0.3 is 0 Å². The van der Waals surface area contributed by atoms with Crippen LogP contribution in [0.25, 0.3) is 0 Å². The predicted molar refractivity (Wildman–Crippen MR) is 66.6 cm³/mol. The van der Waals surface area contributed by atoms with Crippen LogP contribution in [-0.4, -0.2) is 13.9 Å². The van der Waals surface area contributed by atoms with E-state index in [-0.39, 0.29) is 5.92 Å². The molecule has 0 radical (unpaired) electrons. The van der Waals surface area contributed by atoms with Gasteiger partial charge in [0.1, 0.15) is 4.34 Å². The topological polar surface area (TPSA) is 56.0 Å². The van der Waals surface area contributed by atoms with Crippen LogP contribution < -0.4 is 5.14 Å². The predicted octanol–water partition coefficient (Wildman–Crippen LogP) is 2.69. The first-order valence-corrected chi connectivity index (χ1v) is 7.01. The van der Waals surface area contributed by atoms with Gasteiger partial charge in [-0.2, -0.15) is 0 Å². The van der Waals surface area contributed by atoms with E-state index < -0.39 is 15.7 Å². The maximum Gasteiger partial charge on any atom is 0.113 e. The van der Waals surface area contributed by atoms with E-state index >= 15 is 0 Å². The van der Waals surface area contributed by atoms with Crippen LogP contribution in [0.3, 0.4) is 0 Å². The van der Waals surface area contributed by atoms with Crippen LogP contribution >= 0.6 is 22.9 Å². The van der Waals surface area contributed by atoms with Crippen molar-refractivity contribution in [2.24, 2.45) is 5.14 Å². The Bertz CT molecular complexity index is 365. The Balaban J connectivity index is 2.71. The lowest BCUT2D eigenvalue weighted by Gasteiger charge is -2.23. The Morgan fingerprint density at radius 3 is 2.73 bits per heavy atom. The molecule has 6 heteroatoms. The van der Waals surface area contributed by atoms with Gasteiger partial charge in [-0.05, 0) is 20.3 Å². The van der Waals surface area contributed by atoms with Crippen LogP contribution in [0.4, 0.5) is 0 Å². The molecular weight excluding hydrogens is 252 g/mol. The van der Waals surface area contributed by atoms with E-state index in [1.165, 1.54) is 11.3 Å². The molecule has 0 saturated heterocycles. The minimum Gasteiger partial charge on any atom is -0.251 e. The van der Waals surface area contributed by atoms with E-state index in [4.69, 9.17) is 16.7 Å². The highest BCUT2D eigenvalue weighted by Gasteiger charge is 2.27. The van der Waals surface area contributed by atoms with Crippen molar-refractivity contribution >= 4 is 33.9 Å². The monoisotopic (exact) mass is 266 g/mol. The molecule has 0 aliphatic carbocycles. The first kappa shape index (κ1) is 13.1. The molecule has 1 heterocycles. The van der Waals surface area contributed by atoms with Crippen molar-refractivity contribution in [3.63, 3.8) is 0 Å². The van der Waals surface area contributed by atoms with Crippen molar-refractivity contribution in [3.8, 4) is 0 Å². The first-order valence-electron chi connectivity index (χ1n) is 4.60. The first-order chi connectivity index (χ1) is 6.83. The normalized spacial score (nSPS) is 16.3. The maximum absolute atomic E-state index is 11.3. The third kappa shape index (κ3) is 3.52. The second kappa shape index (κ2) is 4.91. The van der Waals surface area contributed by atoms with Gasteiger partial charge in [-0.15, -0.1) is 11.3 Å². The summed E-state index contributed by atoms with van der Waals surface area (Å²) in [5.41, 5.74) is 0. The zero-order chi connectivity index (χ0) is 11.6. The molecule has 15 heavy (non-hydrogen) atoms. The number of hydrogen-bond acceptors (Lipinski definition) is 3. The molecule has 0 bridgehead atoms. The Morgan fingerprint density at radius 1 is 1.73 bits per heavy atom. The molecule has 2 atom stereocenters. The molecule has 0 amide bonds. The molecule has 0 spiro atoms. The van der Waals surface area contributed by atoms with Crippen molar-refractivity contribution in [1.29, 1.82) is 0 Å². The zero-order valence-electron chi connectivity index (χ0n) is 8.99. The molecule has 2 N–H and O–H groups in total. The SMILES string of the molecule is C[C@H](CC(C)(C)S(N)=O)c1ncc(Cl)s1. The Kier molecular flexibility index (Phi) is 4.29. The summed E-state index contributed by atoms with van der Waals surface area (Å²) in [6, 6.07) is 0. The number of hydrogen-bond donors (Lipinski definition) is 1. The highest BCUT2D eigenvalue weighted by atomic mass is 35.5. The fraction of sp³-hybridized carbons (Fsp3) is 0.667. The summed E-state index contributed by atoms with van der Waals surface area (Å²) in [5, 5.41) is 6.40. The summed E-state index contributed by atoms with van der Waals surface area (Å²) >= 11 is 7.27. The van der Waals surface area contributed by atoms with Crippen molar-refractivity contribution in [2.45, 2.75) is 37.9 Å². The Hall–Kier alpha value is 0.0300. The van der Waals surface area contributed by atoms with Crippen molar-refractivity contribution in [3.05, 3.63) is 15.5 Å². The average molecular weight is 267 g/mol. The van der Waals surface area contributed by atoms with Crippen LogP contribution in [0.1, 0.15) is 38.1 Å². The molecule has 0 fully saturated rings. The van der Waals surface area contributed by atoms with Crippen LogP contribution in [0.2, 0.25) is 4.34 Å². The summed E-state index contributed by atoms with van der Waals surface area (Å²) < 4.78 is 11.6. The van der Waals surface area contributed by atoms with Gasteiger partial charge < -0.3 is 0 Å². The third-order valence-electron chi connectivity index (χ3n) is 2.26. The smallest absolute Gasteiger partial charge is 0.113 e. The van der Waals surface area contributed by atoms with Gasteiger partial charge in [0.15, 0.2) is 0 Å². The van der Waals surface area contributed by atoms with E-state index in [0.717, 1.165) is 11.4 Å². The number of nitrogens with zero attached hydrogens (tertiary/aromatic N) is 1. The zero-order valence-corrected chi connectivity index (χ0v) is 11.4. The van der Waals surface area contributed by atoms with Gasteiger partial charge in [-0.25, -0.2) is 9.19 Å². The van der Waals surface area contributed by atoms with Crippen LogP contribution in [0.15, 0.2) is 6.20 Å². The van der Waals surface area contributed by atoms with Gasteiger partial charge in [-0.3, -0.25) is 5.14 Å². The molecule has 3 nitrogen and oxygen atoms in total. The quantitative estimate of drug-likeness (QED) is 0.911. The number of nitrogens with two attached hydrogens (primary N) is 1. The van der Waals surface area contributed by atoms with Crippen LogP contribution in [0, 0.1) is 0 Å². The van der Waals surface area contributed by atoms with E-state index in [0.29, 0.717) is 4.34 Å². The molecule has 0 aliphatic rings. The molecular formula is C9H15ClN2OS2. The molecule has 1 unspecified atom stereocenters. The second-order valence-electron chi connectivity index (χ2n) is 4.16. The van der Waals surface area contributed by atoms with Crippen LogP contribution in [-0.2, 0) is 11.0 Å². The summed E-state index contributed by atoms with van der Waals surface area (Å²) in [6.07, 6.45) is 2.38. The molecule has 1 aromatic rings. The summed E-state index contributed by atoms with van der Waals surface area (Å²) in [5.74, 6) is 0.227. The molecule has 0 aliphatic heterocycles. The largest absolute Gasteiger partial charge is 0.251 e. The van der Waals surface area contributed by atoms with E-state index in [1.807, 2.05) is 20.8 Å². The van der Waals surface area contributed by atoms with Crippen LogP contribution in [0.5, 0.6) is 0 Å². The second-order valence-corrected chi connectivity index (χ2v) is 7.56. The number of rotatable bonds is 4. The number of thiazole rings is 1. The van der Waals surface area contributed by atoms with Gasteiger partial charge in [0.05, 0.1) is 26.9 Å². The lowest BCUT2D eigenvalue weighted by Crippen LogP contribution is -2.33. The number of halogens is 1. The van der Waals surface area contributed by atoms with Crippen molar-refractivity contribution in [1.82, 2.24) is 4.98 Å². The minimum atomic E-state index is -1.32. The highest BCUT2D eigenvalue weighted by molar-refractivity contribution is 7.84.